The molecule has 2 aromatic rings. The number of ether oxygens (including phenoxy) is 1. The molecule has 0 atom stereocenters. The molecule has 0 radical (unpaired) electrons. The Labute approximate surface area is 151 Å². The van der Waals surface area contributed by atoms with Crippen molar-refractivity contribution in [1.82, 2.24) is 0 Å². The van der Waals surface area contributed by atoms with Crippen molar-refractivity contribution in [2.75, 3.05) is 11.4 Å². The van der Waals surface area contributed by atoms with Crippen LogP contribution in [0.15, 0.2) is 66.1 Å². The summed E-state index contributed by atoms with van der Waals surface area (Å²) in [5.74, 6) is -0.0518. The van der Waals surface area contributed by atoms with Crippen molar-refractivity contribution in [1.29, 1.82) is 0 Å². The van der Waals surface area contributed by atoms with E-state index in [1.54, 1.807) is 0 Å². The lowest BCUT2D eigenvalue weighted by atomic mass is 10.1. The number of anilines is 1. The summed E-state index contributed by atoms with van der Waals surface area (Å²) < 4.78 is 32.3. The van der Waals surface area contributed by atoms with Crippen molar-refractivity contribution in [2.45, 2.75) is 19.4 Å². The Kier molecular flexibility index (Phi) is 5.39. The highest BCUT2D eigenvalue weighted by atomic mass is 35.5. The summed E-state index contributed by atoms with van der Waals surface area (Å²) in [6.07, 6.45) is 3.83. The summed E-state index contributed by atoms with van der Waals surface area (Å²) in [6.45, 7) is 2.70. The molecule has 1 aliphatic heterocycles. The van der Waals surface area contributed by atoms with Crippen LogP contribution in [0.4, 0.5) is 14.5 Å². The van der Waals surface area contributed by atoms with Crippen molar-refractivity contribution in [3.05, 3.63) is 88.8 Å². The largest absolute Gasteiger partial charge is 0.489 e. The van der Waals surface area contributed by atoms with Crippen molar-refractivity contribution < 1.29 is 13.5 Å². The first-order valence-electron chi connectivity index (χ1n) is 7.94. The molecule has 2 nitrogen and oxygen atoms in total. The zero-order valence-electron chi connectivity index (χ0n) is 13.8. The van der Waals surface area contributed by atoms with Gasteiger partial charge >= 0.3 is 0 Å². The second-order valence-corrected chi connectivity index (χ2v) is 6.10. The number of allylic oxidation sites excluding steroid dienone is 2. The van der Waals surface area contributed by atoms with E-state index < -0.39 is 11.6 Å². The molecule has 0 unspecified atom stereocenters. The van der Waals surface area contributed by atoms with E-state index in [0.717, 1.165) is 23.0 Å². The molecule has 2 aromatic carbocycles. The van der Waals surface area contributed by atoms with Gasteiger partial charge in [0.2, 0.25) is 0 Å². The van der Waals surface area contributed by atoms with Gasteiger partial charge in [-0.15, -0.1) is 11.6 Å². The van der Waals surface area contributed by atoms with Crippen molar-refractivity contribution in [3.8, 4) is 0 Å². The van der Waals surface area contributed by atoms with Crippen molar-refractivity contribution in [3.63, 3.8) is 0 Å². The van der Waals surface area contributed by atoms with E-state index in [4.69, 9.17) is 16.3 Å². The van der Waals surface area contributed by atoms with E-state index in [1.165, 1.54) is 12.1 Å². The fourth-order valence-electron chi connectivity index (χ4n) is 2.68. The standard InChI is InChI=1S/C20H18ClF2NO/c1-14-9-19(25-13-16-5-6-17(22)11-20(16)23)7-8-24(14)18-4-2-3-15(10-18)12-21/h2-7,9-11H,8,12-13H2,1H3. The van der Waals surface area contributed by atoms with Crippen LogP contribution in [-0.4, -0.2) is 6.54 Å². The molecule has 3 rings (SSSR count). The fourth-order valence-corrected chi connectivity index (χ4v) is 2.85. The molecule has 0 amide bonds. The number of alkyl halides is 1. The Hall–Kier alpha value is -2.33. The first kappa shape index (κ1) is 17.5. The third kappa shape index (κ3) is 4.20. The monoisotopic (exact) mass is 361 g/mol. The van der Waals surface area contributed by atoms with Gasteiger partial charge in [0.15, 0.2) is 0 Å². The summed E-state index contributed by atoms with van der Waals surface area (Å²) >= 11 is 5.90. The average Bonchev–Trinajstić information content (AvgIpc) is 2.61. The van der Waals surface area contributed by atoms with Gasteiger partial charge in [0.05, 0.1) is 0 Å². The Morgan fingerprint density at radius 2 is 2.00 bits per heavy atom. The van der Waals surface area contributed by atoms with Crippen LogP contribution in [0.25, 0.3) is 0 Å². The molecule has 25 heavy (non-hydrogen) atoms. The van der Waals surface area contributed by atoms with Gasteiger partial charge in [-0.1, -0.05) is 12.1 Å². The summed E-state index contributed by atoms with van der Waals surface area (Å²) in [5, 5.41) is 0. The number of benzene rings is 2. The van der Waals surface area contributed by atoms with Crippen LogP contribution >= 0.6 is 11.6 Å². The average molecular weight is 362 g/mol. The zero-order chi connectivity index (χ0) is 17.8. The summed E-state index contributed by atoms with van der Waals surface area (Å²) in [6, 6.07) is 11.5. The van der Waals surface area contributed by atoms with E-state index in [2.05, 4.69) is 11.0 Å². The van der Waals surface area contributed by atoms with Gasteiger partial charge < -0.3 is 9.64 Å². The molecular formula is C20H18ClF2NO. The van der Waals surface area contributed by atoms with E-state index in [1.807, 2.05) is 37.3 Å². The lowest BCUT2D eigenvalue weighted by Gasteiger charge is -2.28. The number of hydrogen-bond acceptors (Lipinski definition) is 2. The Morgan fingerprint density at radius 1 is 1.16 bits per heavy atom. The maximum atomic E-state index is 13.7. The van der Waals surface area contributed by atoms with Crippen molar-refractivity contribution in [2.24, 2.45) is 0 Å². The first-order valence-corrected chi connectivity index (χ1v) is 8.48. The normalized spacial score (nSPS) is 14.2. The molecule has 0 aromatic heterocycles. The molecular weight excluding hydrogens is 344 g/mol. The maximum Gasteiger partial charge on any atom is 0.132 e. The lowest BCUT2D eigenvalue weighted by molar-refractivity contribution is 0.205. The van der Waals surface area contributed by atoms with Gasteiger partial charge in [-0.3, -0.25) is 0 Å². The molecule has 0 bridgehead atoms. The van der Waals surface area contributed by atoms with Gasteiger partial charge in [0, 0.05) is 35.4 Å². The van der Waals surface area contributed by atoms with E-state index in [-0.39, 0.29) is 6.61 Å². The second-order valence-electron chi connectivity index (χ2n) is 5.83. The summed E-state index contributed by atoms with van der Waals surface area (Å²) in [7, 11) is 0. The highest BCUT2D eigenvalue weighted by molar-refractivity contribution is 6.17. The lowest BCUT2D eigenvalue weighted by Crippen LogP contribution is -2.24. The number of nitrogens with zero attached hydrogens (tertiary/aromatic N) is 1. The van der Waals surface area contributed by atoms with E-state index in [9.17, 15) is 8.78 Å². The number of rotatable bonds is 5. The smallest absolute Gasteiger partial charge is 0.132 e. The molecule has 0 saturated carbocycles. The van der Waals surface area contributed by atoms with Crippen LogP contribution in [0, 0.1) is 11.6 Å². The van der Waals surface area contributed by atoms with Gasteiger partial charge in [0.25, 0.3) is 0 Å². The third-order valence-corrected chi connectivity index (χ3v) is 4.35. The summed E-state index contributed by atoms with van der Waals surface area (Å²) in [4.78, 5) is 2.14. The molecule has 0 spiro atoms. The van der Waals surface area contributed by atoms with Gasteiger partial charge in [-0.25, -0.2) is 8.78 Å². The topological polar surface area (TPSA) is 12.5 Å². The Morgan fingerprint density at radius 3 is 2.72 bits per heavy atom. The highest BCUT2D eigenvalue weighted by Crippen LogP contribution is 2.25. The van der Waals surface area contributed by atoms with Crippen LogP contribution < -0.4 is 4.90 Å². The van der Waals surface area contributed by atoms with Crippen LogP contribution in [0.2, 0.25) is 0 Å². The fraction of sp³-hybridized carbons (Fsp3) is 0.200. The minimum absolute atomic E-state index is 0.0590. The zero-order valence-corrected chi connectivity index (χ0v) is 14.6. The quantitative estimate of drug-likeness (QED) is 0.649. The Bertz CT molecular complexity index is 832. The number of halogens is 3. The van der Waals surface area contributed by atoms with Gasteiger partial charge in [-0.05, 0) is 48.9 Å². The minimum Gasteiger partial charge on any atom is -0.489 e. The van der Waals surface area contributed by atoms with Crippen LogP contribution in [0.3, 0.4) is 0 Å². The maximum absolute atomic E-state index is 13.7. The minimum atomic E-state index is -0.600. The molecule has 1 aliphatic rings. The molecule has 5 heteroatoms. The highest BCUT2D eigenvalue weighted by Gasteiger charge is 2.14. The third-order valence-electron chi connectivity index (χ3n) is 4.04. The van der Waals surface area contributed by atoms with Crippen LogP contribution in [0.1, 0.15) is 18.1 Å². The number of hydrogen-bond donors (Lipinski definition) is 0. The van der Waals surface area contributed by atoms with E-state index >= 15 is 0 Å². The predicted octanol–water partition coefficient (Wildman–Crippen LogP) is 5.53. The predicted molar refractivity (Wildman–Crippen MR) is 96.3 cm³/mol. The molecule has 0 fully saturated rings. The molecule has 130 valence electrons. The van der Waals surface area contributed by atoms with Gasteiger partial charge in [0.1, 0.15) is 24.0 Å². The van der Waals surface area contributed by atoms with Gasteiger partial charge in [-0.2, -0.15) is 0 Å². The Balaban J connectivity index is 1.67. The SMILES string of the molecule is CC1=CC(OCc2ccc(F)cc2F)=CCN1c1cccc(CCl)c1. The first-order chi connectivity index (χ1) is 12.1. The van der Waals surface area contributed by atoms with Crippen LogP contribution in [-0.2, 0) is 17.2 Å². The molecule has 0 saturated heterocycles. The molecule has 1 heterocycles. The van der Waals surface area contributed by atoms with Crippen LogP contribution in [0.5, 0.6) is 0 Å². The van der Waals surface area contributed by atoms with E-state index in [0.29, 0.717) is 23.7 Å². The second kappa shape index (κ2) is 7.70. The molecule has 0 aliphatic carbocycles. The van der Waals surface area contributed by atoms with Crippen molar-refractivity contribution >= 4 is 17.3 Å². The summed E-state index contributed by atoms with van der Waals surface area (Å²) in [5.41, 5.74) is 3.46. The molecule has 0 N–H and O–H groups in total.